The van der Waals surface area contributed by atoms with Crippen LogP contribution in [0, 0.1) is 0 Å². The predicted molar refractivity (Wildman–Crippen MR) is 118 cm³/mol. The zero-order chi connectivity index (χ0) is 20.9. The maximum atomic E-state index is 13.3. The van der Waals surface area contributed by atoms with Gasteiger partial charge in [-0.3, -0.25) is 9.59 Å². The first-order valence-electron chi connectivity index (χ1n) is 10.4. The summed E-state index contributed by atoms with van der Waals surface area (Å²) in [6.07, 6.45) is 5.13. The van der Waals surface area contributed by atoms with Crippen LogP contribution in [-0.4, -0.2) is 32.6 Å². The Morgan fingerprint density at radius 2 is 1.94 bits per heavy atom. The van der Waals surface area contributed by atoms with Crippen LogP contribution >= 0.6 is 0 Å². The van der Waals surface area contributed by atoms with E-state index < -0.39 is 0 Å². The lowest BCUT2D eigenvalue weighted by atomic mass is 9.95. The highest BCUT2D eigenvalue weighted by Gasteiger charge is 2.30. The third-order valence-corrected chi connectivity index (χ3v) is 6.11. The van der Waals surface area contributed by atoms with Crippen LogP contribution in [0.1, 0.15) is 27.2 Å². The van der Waals surface area contributed by atoms with Crippen molar-refractivity contribution in [3.05, 3.63) is 89.4 Å². The molecule has 2 aliphatic heterocycles. The van der Waals surface area contributed by atoms with Crippen molar-refractivity contribution in [3.8, 4) is 11.1 Å². The van der Waals surface area contributed by atoms with Crippen LogP contribution in [-0.2, 0) is 24.2 Å². The number of aromatic nitrogens is 2. The number of pyridine rings is 1. The van der Waals surface area contributed by atoms with Crippen molar-refractivity contribution in [2.75, 3.05) is 11.9 Å². The highest BCUT2D eigenvalue weighted by molar-refractivity contribution is 6.05. The van der Waals surface area contributed by atoms with E-state index in [9.17, 15) is 9.59 Å². The number of nitrogens with one attached hydrogen (secondary N) is 1. The first kappa shape index (κ1) is 17.9. The SMILES string of the molecule is O=C1Cc2ccc(-c3cccc4c3C(=O)N(CCc3cn5ccccc5n3)C4)cc2N1. The first-order chi connectivity index (χ1) is 15.2. The summed E-state index contributed by atoms with van der Waals surface area (Å²) >= 11 is 0. The molecule has 2 aromatic carbocycles. The minimum absolute atomic E-state index is 0.0136. The van der Waals surface area contributed by atoms with E-state index in [-0.39, 0.29) is 11.8 Å². The summed E-state index contributed by atoms with van der Waals surface area (Å²) in [7, 11) is 0. The molecular weight excluding hydrogens is 388 g/mol. The minimum Gasteiger partial charge on any atom is -0.334 e. The fourth-order valence-corrected chi connectivity index (χ4v) is 4.58. The zero-order valence-electron chi connectivity index (χ0n) is 16.8. The molecule has 0 fully saturated rings. The van der Waals surface area contributed by atoms with E-state index in [0.717, 1.165) is 44.8 Å². The summed E-state index contributed by atoms with van der Waals surface area (Å²) in [5, 5.41) is 2.90. The Labute approximate surface area is 179 Å². The number of hydrogen-bond donors (Lipinski definition) is 1. The number of hydrogen-bond acceptors (Lipinski definition) is 3. The van der Waals surface area contributed by atoms with E-state index in [1.807, 2.05) is 76.3 Å². The van der Waals surface area contributed by atoms with Crippen LogP contribution in [0.4, 0.5) is 5.69 Å². The molecule has 4 aromatic rings. The molecule has 0 unspecified atom stereocenters. The topological polar surface area (TPSA) is 66.7 Å². The number of fused-ring (bicyclic) bond motifs is 3. The number of imidazole rings is 1. The molecule has 4 heterocycles. The van der Waals surface area contributed by atoms with Gasteiger partial charge in [-0.05, 0) is 40.5 Å². The molecule has 0 saturated carbocycles. The quantitative estimate of drug-likeness (QED) is 0.560. The highest BCUT2D eigenvalue weighted by atomic mass is 16.2. The van der Waals surface area contributed by atoms with Gasteiger partial charge in [0.15, 0.2) is 0 Å². The standard InChI is InChI=1S/C25H20N4O2/c30-23-13-17-8-7-16(12-21(17)27-23)20-5-3-4-18-14-29(25(31)24(18)20)11-9-19-15-28-10-2-1-6-22(28)26-19/h1-8,10,12,15H,9,11,13-14H2,(H,27,30). The maximum Gasteiger partial charge on any atom is 0.255 e. The summed E-state index contributed by atoms with van der Waals surface area (Å²) in [6.45, 7) is 1.23. The van der Waals surface area contributed by atoms with Crippen LogP contribution in [0.2, 0.25) is 0 Å². The van der Waals surface area contributed by atoms with Crippen LogP contribution in [0.3, 0.4) is 0 Å². The van der Waals surface area contributed by atoms with Crippen LogP contribution < -0.4 is 5.32 Å². The number of nitrogens with zero attached hydrogens (tertiary/aromatic N) is 3. The molecule has 0 radical (unpaired) electrons. The summed E-state index contributed by atoms with van der Waals surface area (Å²) in [5.41, 5.74) is 7.42. The predicted octanol–water partition coefficient (Wildman–Crippen LogP) is 3.69. The Bertz CT molecular complexity index is 1340. The van der Waals surface area contributed by atoms with Crippen molar-refractivity contribution in [1.82, 2.24) is 14.3 Å². The Balaban J connectivity index is 1.26. The summed E-state index contributed by atoms with van der Waals surface area (Å²) in [4.78, 5) is 31.5. The lowest BCUT2D eigenvalue weighted by Gasteiger charge is -2.15. The Hall–Kier alpha value is -3.93. The molecule has 6 nitrogen and oxygen atoms in total. The molecule has 31 heavy (non-hydrogen) atoms. The van der Waals surface area contributed by atoms with Crippen molar-refractivity contribution < 1.29 is 9.59 Å². The van der Waals surface area contributed by atoms with Gasteiger partial charge in [0.05, 0.1) is 17.7 Å². The van der Waals surface area contributed by atoms with Crippen LogP contribution in [0.25, 0.3) is 16.8 Å². The average molecular weight is 408 g/mol. The van der Waals surface area contributed by atoms with E-state index in [1.54, 1.807) is 0 Å². The van der Waals surface area contributed by atoms with Crippen molar-refractivity contribution in [3.63, 3.8) is 0 Å². The van der Waals surface area contributed by atoms with E-state index in [2.05, 4.69) is 10.3 Å². The van der Waals surface area contributed by atoms with Crippen molar-refractivity contribution in [2.45, 2.75) is 19.4 Å². The number of amides is 2. The number of benzene rings is 2. The van der Waals surface area contributed by atoms with Gasteiger partial charge in [-0.15, -0.1) is 0 Å². The third-order valence-electron chi connectivity index (χ3n) is 6.11. The fraction of sp³-hybridized carbons (Fsp3) is 0.160. The van der Waals surface area contributed by atoms with Gasteiger partial charge in [0.1, 0.15) is 5.65 Å². The summed E-state index contributed by atoms with van der Waals surface area (Å²) in [5.74, 6) is 0.0681. The smallest absolute Gasteiger partial charge is 0.255 e. The molecule has 0 atom stereocenters. The molecule has 1 N–H and O–H groups in total. The van der Waals surface area contributed by atoms with E-state index in [0.29, 0.717) is 25.9 Å². The zero-order valence-corrected chi connectivity index (χ0v) is 16.8. The summed E-state index contributed by atoms with van der Waals surface area (Å²) in [6, 6.07) is 17.9. The molecule has 0 bridgehead atoms. The number of anilines is 1. The van der Waals surface area contributed by atoms with Gasteiger partial charge in [0.25, 0.3) is 5.91 Å². The number of rotatable bonds is 4. The highest BCUT2D eigenvalue weighted by Crippen LogP contribution is 2.35. The molecule has 0 aliphatic carbocycles. The second-order valence-electron chi connectivity index (χ2n) is 8.11. The van der Waals surface area contributed by atoms with Crippen molar-refractivity contribution >= 4 is 23.1 Å². The maximum absolute atomic E-state index is 13.3. The molecule has 6 heteroatoms. The molecule has 0 spiro atoms. The average Bonchev–Trinajstić information content (AvgIpc) is 3.45. The Morgan fingerprint density at radius 1 is 1.00 bits per heavy atom. The number of carbonyl (C=O) groups excluding carboxylic acids is 2. The van der Waals surface area contributed by atoms with Gasteiger partial charge in [-0.2, -0.15) is 0 Å². The summed E-state index contributed by atoms with van der Waals surface area (Å²) < 4.78 is 2.00. The van der Waals surface area contributed by atoms with Crippen LogP contribution in [0.15, 0.2) is 67.0 Å². The van der Waals surface area contributed by atoms with Gasteiger partial charge in [-0.1, -0.05) is 36.4 Å². The van der Waals surface area contributed by atoms with Gasteiger partial charge in [-0.25, -0.2) is 4.98 Å². The fourth-order valence-electron chi connectivity index (χ4n) is 4.58. The van der Waals surface area contributed by atoms with E-state index in [4.69, 9.17) is 0 Å². The monoisotopic (exact) mass is 408 g/mol. The van der Waals surface area contributed by atoms with Crippen molar-refractivity contribution in [2.24, 2.45) is 0 Å². The molecule has 2 aliphatic rings. The minimum atomic E-state index is 0.0136. The van der Waals surface area contributed by atoms with Gasteiger partial charge >= 0.3 is 0 Å². The van der Waals surface area contributed by atoms with Gasteiger partial charge < -0.3 is 14.6 Å². The Morgan fingerprint density at radius 3 is 2.84 bits per heavy atom. The second-order valence-corrected chi connectivity index (χ2v) is 8.11. The lowest BCUT2D eigenvalue weighted by molar-refractivity contribution is -0.115. The van der Waals surface area contributed by atoms with Crippen LogP contribution in [0.5, 0.6) is 0 Å². The lowest BCUT2D eigenvalue weighted by Crippen LogP contribution is -2.26. The van der Waals surface area contributed by atoms with E-state index >= 15 is 0 Å². The second kappa shape index (κ2) is 6.80. The van der Waals surface area contributed by atoms with Crippen molar-refractivity contribution in [1.29, 1.82) is 0 Å². The third kappa shape index (κ3) is 2.99. The van der Waals surface area contributed by atoms with Gasteiger partial charge in [0, 0.05) is 37.6 Å². The normalized spacial score (nSPS) is 14.8. The molecule has 6 rings (SSSR count). The molecule has 2 amide bonds. The van der Waals surface area contributed by atoms with E-state index in [1.165, 1.54) is 0 Å². The molecule has 2 aromatic heterocycles. The molecular formula is C25H20N4O2. The molecule has 0 saturated heterocycles. The first-order valence-corrected chi connectivity index (χ1v) is 10.4. The largest absolute Gasteiger partial charge is 0.334 e. The Kier molecular flexibility index (Phi) is 3.93. The van der Waals surface area contributed by atoms with Gasteiger partial charge in [0.2, 0.25) is 5.91 Å². The number of carbonyl (C=O) groups is 2. The molecule has 152 valence electrons.